The van der Waals surface area contributed by atoms with Crippen molar-refractivity contribution >= 4 is 23.0 Å². The van der Waals surface area contributed by atoms with E-state index in [0.717, 1.165) is 0 Å². The molecule has 0 fully saturated rings. The maximum absolute atomic E-state index is 13.5. The molecular weight excluding hydrogens is 312 g/mol. The predicted molar refractivity (Wildman–Crippen MR) is 72.4 cm³/mol. The van der Waals surface area contributed by atoms with Crippen molar-refractivity contribution < 1.29 is 22.7 Å². The minimum atomic E-state index is -4.32. The molecule has 0 saturated carbocycles. The van der Waals surface area contributed by atoms with Crippen LogP contribution in [-0.2, 0) is 0 Å². The van der Waals surface area contributed by atoms with Crippen molar-refractivity contribution in [1.29, 1.82) is 0 Å². The highest BCUT2D eigenvalue weighted by molar-refractivity contribution is 6.31. The van der Waals surface area contributed by atoms with Crippen LogP contribution < -0.4 is 0 Å². The lowest BCUT2D eigenvalue weighted by Crippen LogP contribution is -2.37. The Morgan fingerprint density at radius 3 is 2.52 bits per heavy atom. The maximum Gasteiger partial charge on any atom is 0.345 e. The van der Waals surface area contributed by atoms with Gasteiger partial charge in [-0.1, -0.05) is 11.6 Å². The second kappa shape index (κ2) is 6.01. The van der Waals surface area contributed by atoms with Crippen LogP contribution in [0.2, 0.25) is 5.02 Å². The fraction of sp³-hybridized carbons (Fsp3) is 0.385. The van der Waals surface area contributed by atoms with E-state index in [2.05, 4.69) is 9.98 Å². The minimum Gasteiger partial charge on any atom is -0.507 e. The number of aromatic hydroxyl groups is 1. The zero-order valence-corrected chi connectivity index (χ0v) is 11.4. The number of benzene rings is 1. The highest BCUT2D eigenvalue weighted by Gasteiger charge is 2.46. The van der Waals surface area contributed by atoms with Crippen LogP contribution in [0.1, 0.15) is 12.0 Å². The molecule has 0 saturated heterocycles. The lowest BCUT2D eigenvalue weighted by Gasteiger charge is -2.18. The fourth-order valence-electron chi connectivity index (χ4n) is 1.91. The summed E-state index contributed by atoms with van der Waals surface area (Å²) >= 11 is 5.79. The molecule has 0 bridgehead atoms. The Hall–Kier alpha value is -1.63. The highest BCUT2D eigenvalue weighted by Crippen LogP contribution is 2.30. The van der Waals surface area contributed by atoms with Gasteiger partial charge in [0.15, 0.2) is 0 Å². The van der Waals surface area contributed by atoms with Gasteiger partial charge in [-0.3, -0.25) is 9.98 Å². The van der Waals surface area contributed by atoms with E-state index in [1.54, 1.807) is 0 Å². The molecule has 1 aliphatic rings. The number of phenols is 1. The van der Waals surface area contributed by atoms with Gasteiger partial charge < -0.3 is 5.11 Å². The SMILES string of the molecule is Oc1ccc(Cl)cc1C1=NCCN=C(C(F)(F)C(F)F)C1. The van der Waals surface area contributed by atoms with E-state index >= 15 is 0 Å². The molecule has 0 unspecified atom stereocenters. The van der Waals surface area contributed by atoms with E-state index in [0.29, 0.717) is 0 Å². The van der Waals surface area contributed by atoms with Gasteiger partial charge in [-0.25, -0.2) is 8.78 Å². The van der Waals surface area contributed by atoms with Gasteiger partial charge >= 0.3 is 12.3 Å². The van der Waals surface area contributed by atoms with Crippen molar-refractivity contribution in [3.63, 3.8) is 0 Å². The lowest BCUT2D eigenvalue weighted by atomic mass is 10.0. The molecule has 0 radical (unpaired) electrons. The molecule has 1 aliphatic heterocycles. The van der Waals surface area contributed by atoms with Gasteiger partial charge in [-0.2, -0.15) is 8.78 Å². The Bertz CT molecular complexity index is 602. The number of halogens is 5. The first-order valence-corrected chi connectivity index (χ1v) is 6.42. The van der Waals surface area contributed by atoms with Crippen molar-refractivity contribution in [1.82, 2.24) is 0 Å². The topological polar surface area (TPSA) is 45.0 Å². The average molecular weight is 323 g/mol. The molecule has 3 nitrogen and oxygen atoms in total. The number of phenolic OH excluding ortho intramolecular Hbond substituents is 1. The summed E-state index contributed by atoms with van der Waals surface area (Å²) < 4.78 is 51.8. The largest absolute Gasteiger partial charge is 0.507 e. The van der Waals surface area contributed by atoms with Crippen LogP contribution in [0, 0.1) is 0 Å². The Labute approximate surface area is 123 Å². The molecule has 0 aromatic heterocycles. The third-order valence-electron chi connectivity index (χ3n) is 2.97. The molecule has 114 valence electrons. The van der Waals surface area contributed by atoms with Gasteiger partial charge in [0.2, 0.25) is 0 Å². The molecule has 2 rings (SSSR count). The van der Waals surface area contributed by atoms with E-state index < -0.39 is 24.5 Å². The first kappa shape index (κ1) is 15.8. The zero-order valence-electron chi connectivity index (χ0n) is 10.7. The minimum absolute atomic E-state index is 0.0616. The number of alkyl halides is 4. The summed E-state index contributed by atoms with van der Waals surface area (Å²) in [6, 6.07) is 4.05. The molecule has 1 heterocycles. The first-order chi connectivity index (χ1) is 9.82. The van der Waals surface area contributed by atoms with Crippen LogP contribution in [0.3, 0.4) is 0 Å². The number of rotatable bonds is 3. The van der Waals surface area contributed by atoms with Gasteiger partial charge in [0, 0.05) is 17.0 Å². The lowest BCUT2D eigenvalue weighted by molar-refractivity contribution is -0.0758. The number of aliphatic imine (C=N–C) groups is 2. The average Bonchev–Trinajstić information content (AvgIpc) is 2.67. The molecular formula is C13H11ClF4N2O. The van der Waals surface area contributed by atoms with Gasteiger partial charge in [-0.15, -0.1) is 0 Å². The van der Waals surface area contributed by atoms with Crippen molar-refractivity contribution in [2.45, 2.75) is 18.8 Å². The number of nitrogens with zero attached hydrogens (tertiary/aromatic N) is 2. The molecule has 0 spiro atoms. The van der Waals surface area contributed by atoms with Gasteiger partial charge in [0.05, 0.1) is 24.5 Å². The van der Waals surface area contributed by atoms with E-state index in [1.165, 1.54) is 18.2 Å². The fourth-order valence-corrected chi connectivity index (χ4v) is 2.08. The quantitative estimate of drug-likeness (QED) is 0.849. The van der Waals surface area contributed by atoms with Gasteiger partial charge in [-0.05, 0) is 18.2 Å². The van der Waals surface area contributed by atoms with Crippen LogP contribution in [0.5, 0.6) is 5.75 Å². The van der Waals surface area contributed by atoms with E-state index in [-0.39, 0.29) is 35.1 Å². The van der Waals surface area contributed by atoms with Crippen LogP contribution in [-0.4, -0.2) is 42.0 Å². The Kier molecular flexibility index (Phi) is 4.51. The first-order valence-electron chi connectivity index (χ1n) is 6.04. The van der Waals surface area contributed by atoms with Crippen LogP contribution in [0.15, 0.2) is 28.2 Å². The Balaban J connectivity index is 2.37. The van der Waals surface area contributed by atoms with E-state index in [9.17, 15) is 22.7 Å². The van der Waals surface area contributed by atoms with Gasteiger partial charge in [0.1, 0.15) is 5.75 Å². The molecule has 0 atom stereocenters. The number of hydrogen-bond donors (Lipinski definition) is 1. The maximum atomic E-state index is 13.5. The molecule has 1 aromatic rings. The molecule has 8 heteroatoms. The van der Waals surface area contributed by atoms with Crippen molar-refractivity contribution in [2.24, 2.45) is 9.98 Å². The molecule has 0 amide bonds. The summed E-state index contributed by atoms with van der Waals surface area (Å²) in [5, 5.41) is 10.0. The van der Waals surface area contributed by atoms with Gasteiger partial charge in [0.25, 0.3) is 0 Å². The van der Waals surface area contributed by atoms with Crippen molar-refractivity contribution in [3.05, 3.63) is 28.8 Å². The van der Waals surface area contributed by atoms with E-state index in [4.69, 9.17) is 11.6 Å². The van der Waals surface area contributed by atoms with Crippen molar-refractivity contribution in [2.75, 3.05) is 13.1 Å². The normalized spacial score (nSPS) is 16.5. The Morgan fingerprint density at radius 2 is 1.86 bits per heavy atom. The second-order valence-electron chi connectivity index (χ2n) is 4.42. The third-order valence-corrected chi connectivity index (χ3v) is 3.20. The predicted octanol–water partition coefficient (Wildman–Crippen LogP) is 3.58. The zero-order chi connectivity index (χ0) is 15.6. The standard InChI is InChI=1S/C13H11ClF4N2O/c14-7-1-2-10(21)8(5-7)9-6-11(20-4-3-19-9)13(17,18)12(15)16/h1-2,5,12,21H,3-4,6H2. The molecule has 0 aliphatic carbocycles. The molecule has 1 aromatic carbocycles. The second-order valence-corrected chi connectivity index (χ2v) is 4.86. The summed E-state index contributed by atoms with van der Waals surface area (Å²) in [4.78, 5) is 7.53. The molecule has 21 heavy (non-hydrogen) atoms. The smallest absolute Gasteiger partial charge is 0.345 e. The monoisotopic (exact) mass is 322 g/mol. The van der Waals surface area contributed by atoms with Crippen LogP contribution in [0.25, 0.3) is 0 Å². The molecule has 1 N–H and O–H groups in total. The summed E-state index contributed by atoms with van der Waals surface area (Å²) in [6.45, 7) is -0.0351. The van der Waals surface area contributed by atoms with Crippen LogP contribution in [0.4, 0.5) is 17.6 Å². The van der Waals surface area contributed by atoms with Crippen LogP contribution >= 0.6 is 11.6 Å². The Morgan fingerprint density at radius 1 is 1.19 bits per heavy atom. The summed E-state index contributed by atoms with van der Waals surface area (Å²) in [5.41, 5.74) is -0.734. The van der Waals surface area contributed by atoms with Crippen molar-refractivity contribution in [3.8, 4) is 5.75 Å². The number of hydrogen-bond acceptors (Lipinski definition) is 3. The highest BCUT2D eigenvalue weighted by atomic mass is 35.5. The van der Waals surface area contributed by atoms with E-state index in [1.807, 2.05) is 0 Å². The third kappa shape index (κ3) is 3.34. The summed E-state index contributed by atoms with van der Waals surface area (Å²) in [6.07, 6.45) is -4.41. The summed E-state index contributed by atoms with van der Waals surface area (Å²) in [5.74, 6) is -4.53. The summed E-state index contributed by atoms with van der Waals surface area (Å²) in [7, 11) is 0.